The molecule has 0 amide bonds. The van der Waals surface area contributed by atoms with E-state index in [2.05, 4.69) is 42.0 Å². The monoisotopic (exact) mass is 238 g/mol. The van der Waals surface area contributed by atoms with Gasteiger partial charge in [0, 0.05) is 23.0 Å². The van der Waals surface area contributed by atoms with Crippen LogP contribution in [0.4, 0.5) is 0 Å². The minimum atomic E-state index is 0.304. The molecule has 2 N–H and O–H groups in total. The number of thiophene rings is 1. The highest BCUT2D eigenvalue weighted by molar-refractivity contribution is 7.09. The van der Waals surface area contributed by atoms with E-state index in [1.807, 2.05) is 11.3 Å². The maximum absolute atomic E-state index is 3.68. The maximum atomic E-state index is 3.68. The quantitative estimate of drug-likeness (QED) is 0.842. The fourth-order valence-electron chi connectivity index (χ4n) is 2.40. The standard InChI is InChI=1S/C13H22N2S/c1-13(2)10-11(5-8-15-13)14-7-6-12-4-3-9-16-12/h3-4,9,11,14-15H,5-8,10H2,1-2H3. The summed E-state index contributed by atoms with van der Waals surface area (Å²) in [7, 11) is 0. The summed E-state index contributed by atoms with van der Waals surface area (Å²) in [5, 5.41) is 9.39. The predicted molar refractivity (Wildman–Crippen MR) is 71.1 cm³/mol. The molecule has 0 aliphatic carbocycles. The van der Waals surface area contributed by atoms with Gasteiger partial charge in [-0.1, -0.05) is 6.07 Å². The number of hydrogen-bond donors (Lipinski definition) is 2. The van der Waals surface area contributed by atoms with Crippen LogP contribution < -0.4 is 10.6 Å². The third-order valence-corrected chi connectivity index (χ3v) is 4.17. The Morgan fingerprint density at radius 1 is 1.56 bits per heavy atom. The molecule has 0 spiro atoms. The molecule has 1 aliphatic rings. The highest BCUT2D eigenvalue weighted by Crippen LogP contribution is 2.18. The normalized spacial score (nSPS) is 24.5. The van der Waals surface area contributed by atoms with E-state index in [1.54, 1.807) is 0 Å². The van der Waals surface area contributed by atoms with Gasteiger partial charge in [-0.25, -0.2) is 0 Å². The molecule has 90 valence electrons. The van der Waals surface area contributed by atoms with Gasteiger partial charge >= 0.3 is 0 Å². The van der Waals surface area contributed by atoms with E-state index < -0.39 is 0 Å². The van der Waals surface area contributed by atoms with Crippen molar-refractivity contribution in [2.24, 2.45) is 0 Å². The van der Waals surface area contributed by atoms with Gasteiger partial charge in [0.1, 0.15) is 0 Å². The first-order valence-electron chi connectivity index (χ1n) is 6.16. The zero-order valence-electron chi connectivity index (χ0n) is 10.3. The van der Waals surface area contributed by atoms with Crippen LogP contribution in [0.2, 0.25) is 0 Å². The van der Waals surface area contributed by atoms with Crippen LogP contribution in [0.5, 0.6) is 0 Å². The van der Waals surface area contributed by atoms with E-state index in [0.29, 0.717) is 11.6 Å². The molecule has 1 fully saturated rings. The van der Waals surface area contributed by atoms with Crippen molar-refractivity contribution in [1.82, 2.24) is 10.6 Å². The molecular weight excluding hydrogens is 216 g/mol. The molecule has 1 unspecified atom stereocenters. The first-order chi connectivity index (χ1) is 7.66. The Bertz CT molecular complexity index is 306. The summed E-state index contributed by atoms with van der Waals surface area (Å²) in [6, 6.07) is 5.04. The summed E-state index contributed by atoms with van der Waals surface area (Å²) < 4.78 is 0. The topological polar surface area (TPSA) is 24.1 Å². The summed E-state index contributed by atoms with van der Waals surface area (Å²) >= 11 is 1.86. The Balaban J connectivity index is 1.70. The Hall–Kier alpha value is -0.380. The zero-order chi connectivity index (χ0) is 11.4. The molecule has 2 rings (SSSR count). The number of rotatable bonds is 4. The second kappa shape index (κ2) is 5.30. The summed E-state index contributed by atoms with van der Waals surface area (Å²) in [6.45, 7) is 6.84. The largest absolute Gasteiger partial charge is 0.314 e. The van der Waals surface area contributed by atoms with Crippen molar-refractivity contribution in [2.45, 2.75) is 44.7 Å². The van der Waals surface area contributed by atoms with Crippen LogP contribution >= 0.6 is 11.3 Å². The van der Waals surface area contributed by atoms with Gasteiger partial charge in [0.2, 0.25) is 0 Å². The second-order valence-electron chi connectivity index (χ2n) is 5.28. The van der Waals surface area contributed by atoms with Crippen LogP contribution in [0, 0.1) is 0 Å². The third-order valence-electron chi connectivity index (χ3n) is 3.24. The molecule has 2 heterocycles. The van der Waals surface area contributed by atoms with Crippen LogP contribution in [0.15, 0.2) is 17.5 Å². The van der Waals surface area contributed by atoms with Gasteiger partial charge in [-0.15, -0.1) is 11.3 Å². The van der Waals surface area contributed by atoms with Gasteiger partial charge in [-0.05, 0) is 51.1 Å². The third kappa shape index (κ3) is 3.58. The fourth-order valence-corrected chi connectivity index (χ4v) is 3.11. The van der Waals surface area contributed by atoms with Crippen molar-refractivity contribution >= 4 is 11.3 Å². The summed E-state index contributed by atoms with van der Waals surface area (Å²) in [5.74, 6) is 0. The Morgan fingerprint density at radius 3 is 3.12 bits per heavy atom. The molecule has 0 aromatic carbocycles. The molecule has 1 aliphatic heterocycles. The van der Waals surface area contributed by atoms with E-state index in [9.17, 15) is 0 Å². The average molecular weight is 238 g/mol. The van der Waals surface area contributed by atoms with Gasteiger partial charge in [0.15, 0.2) is 0 Å². The lowest BCUT2D eigenvalue weighted by Crippen LogP contribution is -2.52. The van der Waals surface area contributed by atoms with Crippen molar-refractivity contribution < 1.29 is 0 Å². The first-order valence-corrected chi connectivity index (χ1v) is 7.04. The van der Waals surface area contributed by atoms with Crippen molar-refractivity contribution in [2.75, 3.05) is 13.1 Å². The molecule has 1 aromatic rings. The molecular formula is C13H22N2S. The number of nitrogens with one attached hydrogen (secondary N) is 2. The molecule has 2 nitrogen and oxygen atoms in total. The minimum Gasteiger partial charge on any atom is -0.314 e. The number of piperidine rings is 1. The lowest BCUT2D eigenvalue weighted by molar-refractivity contribution is 0.249. The van der Waals surface area contributed by atoms with Crippen molar-refractivity contribution in [3.8, 4) is 0 Å². The van der Waals surface area contributed by atoms with Crippen LogP contribution in [-0.4, -0.2) is 24.7 Å². The maximum Gasteiger partial charge on any atom is 0.0139 e. The fraction of sp³-hybridized carbons (Fsp3) is 0.692. The van der Waals surface area contributed by atoms with E-state index in [0.717, 1.165) is 13.1 Å². The second-order valence-corrected chi connectivity index (χ2v) is 6.32. The summed E-state index contributed by atoms with van der Waals surface area (Å²) in [6.07, 6.45) is 3.66. The van der Waals surface area contributed by atoms with E-state index in [1.165, 1.54) is 24.1 Å². The molecule has 0 saturated carbocycles. The highest BCUT2D eigenvalue weighted by atomic mass is 32.1. The molecule has 3 heteroatoms. The highest BCUT2D eigenvalue weighted by Gasteiger charge is 2.26. The van der Waals surface area contributed by atoms with Gasteiger partial charge < -0.3 is 10.6 Å². The van der Waals surface area contributed by atoms with Gasteiger partial charge in [-0.2, -0.15) is 0 Å². The van der Waals surface area contributed by atoms with Crippen LogP contribution in [-0.2, 0) is 6.42 Å². The van der Waals surface area contributed by atoms with Crippen LogP contribution in [0.3, 0.4) is 0 Å². The van der Waals surface area contributed by atoms with Crippen molar-refractivity contribution in [3.63, 3.8) is 0 Å². The first kappa shape index (κ1) is 12.1. The SMILES string of the molecule is CC1(C)CC(NCCc2cccs2)CCN1. The van der Waals surface area contributed by atoms with Crippen LogP contribution in [0.25, 0.3) is 0 Å². The molecule has 0 bridgehead atoms. The van der Waals surface area contributed by atoms with Gasteiger partial charge in [-0.3, -0.25) is 0 Å². The van der Waals surface area contributed by atoms with Crippen molar-refractivity contribution in [3.05, 3.63) is 22.4 Å². The Kier molecular flexibility index (Phi) is 4.00. The van der Waals surface area contributed by atoms with Gasteiger partial charge in [0.25, 0.3) is 0 Å². The average Bonchev–Trinajstić information content (AvgIpc) is 2.69. The summed E-state index contributed by atoms with van der Waals surface area (Å²) in [4.78, 5) is 1.49. The van der Waals surface area contributed by atoms with E-state index in [-0.39, 0.29) is 0 Å². The minimum absolute atomic E-state index is 0.304. The van der Waals surface area contributed by atoms with Gasteiger partial charge in [0.05, 0.1) is 0 Å². The number of hydrogen-bond acceptors (Lipinski definition) is 3. The van der Waals surface area contributed by atoms with Crippen molar-refractivity contribution in [1.29, 1.82) is 0 Å². The smallest absolute Gasteiger partial charge is 0.0139 e. The molecule has 1 atom stereocenters. The molecule has 0 radical (unpaired) electrons. The predicted octanol–water partition coefficient (Wildman–Crippen LogP) is 2.41. The Labute approximate surface area is 102 Å². The zero-order valence-corrected chi connectivity index (χ0v) is 11.1. The summed E-state index contributed by atoms with van der Waals surface area (Å²) in [5.41, 5.74) is 0.304. The molecule has 1 saturated heterocycles. The van der Waals surface area contributed by atoms with E-state index >= 15 is 0 Å². The van der Waals surface area contributed by atoms with Crippen LogP contribution in [0.1, 0.15) is 31.6 Å². The molecule has 1 aromatic heterocycles. The Morgan fingerprint density at radius 2 is 2.44 bits per heavy atom. The lowest BCUT2D eigenvalue weighted by atomic mass is 9.89. The lowest BCUT2D eigenvalue weighted by Gasteiger charge is -2.37. The van der Waals surface area contributed by atoms with E-state index in [4.69, 9.17) is 0 Å². The molecule has 16 heavy (non-hydrogen) atoms.